The molecular formula is C19H28ClN3O3. The fourth-order valence-electron chi connectivity index (χ4n) is 3.29. The summed E-state index contributed by atoms with van der Waals surface area (Å²) in [6.45, 7) is 6.48. The Labute approximate surface area is 160 Å². The number of nitrogens with one attached hydrogen (secondary N) is 2. The van der Waals surface area contributed by atoms with Crippen LogP contribution in [0.1, 0.15) is 40.0 Å². The highest BCUT2D eigenvalue weighted by atomic mass is 35.5. The number of rotatable bonds is 6. The van der Waals surface area contributed by atoms with E-state index in [1.807, 2.05) is 20.8 Å². The SMILES string of the molecule is CCOC1CC(N)(C(=O)Nc2ccc(NC(=O)C3CC3)cc2)C1(C)C.Cl. The van der Waals surface area contributed by atoms with Gasteiger partial charge >= 0.3 is 0 Å². The Bertz CT molecular complexity index is 673. The van der Waals surface area contributed by atoms with Gasteiger partial charge in [0.15, 0.2) is 0 Å². The van der Waals surface area contributed by atoms with Crippen molar-refractivity contribution >= 4 is 35.6 Å². The molecule has 4 N–H and O–H groups in total. The Kier molecular flexibility index (Phi) is 6.00. The molecule has 2 saturated carbocycles. The highest BCUT2D eigenvalue weighted by molar-refractivity contribution is 6.00. The first-order valence-corrected chi connectivity index (χ1v) is 8.91. The molecule has 144 valence electrons. The third-order valence-electron chi connectivity index (χ3n) is 5.59. The van der Waals surface area contributed by atoms with Crippen LogP contribution in [0.4, 0.5) is 11.4 Å². The molecule has 1 aromatic carbocycles. The average Bonchev–Trinajstić information content (AvgIpc) is 3.41. The normalized spacial score (nSPS) is 26.2. The lowest BCUT2D eigenvalue weighted by atomic mass is 9.54. The zero-order chi connectivity index (χ0) is 18.2. The van der Waals surface area contributed by atoms with E-state index in [9.17, 15) is 9.59 Å². The lowest BCUT2D eigenvalue weighted by molar-refractivity contribution is -0.166. The number of carbonyl (C=O) groups is 2. The molecule has 0 saturated heterocycles. The van der Waals surface area contributed by atoms with E-state index in [0.29, 0.717) is 18.7 Å². The molecular weight excluding hydrogens is 354 g/mol. The van der Waals surface area contributed by atoms with Crippen molar-refractivity contribution < 1.29 is 14.3 Å². The summed E-state index contributed by atoms with van der Waals surface area (Å²) in [7, 11) is 0. The number of hydrogen-bond donors (Lipinski definition) is 3. The van der Waals surface area contributed by atoms with Crippen LogP contribution in [-0.4, -0.2) is 30.1 Å². The van der Waals surface area contributed by atoms with Crippen molar-refractivity contribution in [3.63, 3.8) is 0 Å². The number of anilines is 2. The van der Waals surface area contributed by atoms with E-state index < -0.39 is 11.0 Å². The van der Waals surface area contributed by atoms with Gasteiger partial charge in [-0.05, 0) is 44.0 Å². The van der Waals surface area contributed by atoms with Crippen LogP contribution in [0.5, 0.6) is 0 Å². The van der Waals surface area contributed by atoms with Gasteiger partial charge in [-0.15, -0.1) is 12.4 Å². The van der Waals surface area contributed by atoms with E-state index in [1.54, 1.807) is 24.3 Å². The van der Waals surface area contributed by atoms with Gasteiger partial charge in [0.05, 0.1) is 6.10 Å². The number of carbonyl (C=O) groups excluding carboxylic acids is 2. The first-order valence-electron chi connectivity index (χ1n) is 8.91. The molecule has 2 atom stereocenters. The Morgan fingerprint density at radius 1 is 1.15 bits per heavy atom. The molecule has 2 fully saturated rings. The number of nitrogens with two attached hydrogens (primary N) is 1. The molecule has 1 aromatic rings. The van der Waals surface area contributed by atoms with Crippen molar-refractivity contribution in [2.75, 3.05) is 17.2 Å². The van der Waals surface area contributed by atoms with Crippen molar-refractivity contribution in [2.45, 2.75) is 51.7 Å². The average molecular weight is 382 g/mol. The first kappa shape index (κ1) is 20.7. The van der Waals surface area contributed by atoms with Crippen LogP contribution in [0.15, 0.2) is 24.3 Å². The minimum Gasteiger partial charge on any atom is -0.378 e. The second-order valence-corrected chi connectivity index (χ2v) is 7.64. The van der Waals surface area contributed by atoms with Gasteiger partial charge in [0.25, 0.3) is 0 Å². The third kappa shape index (κ3) is 3.72. The summed E-state index contributed by atoms with van der Waals surface area (Å²) in [5.41, 5.74) is 6.40. The Morgan fingerprint density at radius 2 is 1.69 bits per heavy atom. The van der Waals surface area contributed by atoms with E-state index in [4.69, 9.17) is 10.5 Å². The number of ether oxygens (including phenoxy) is 1. The molecule has 2 unspecified atom stereocenters. The van der Waals surface area contributed by atoms with Gasteiger partial charge < -0.3 is 21.1 Å². The van der Waals surface area contributed by atoms with Gasteiger partial charge in [-0.3, -0.25) is 9.59 Å². The van der Waals surface area contributed by atoms with E-state index in [2.05, 4.69) is 10.6 Å². The smallest absolute Gasteiger partial charge is 0.245 e. The van der Waals surface area contributed by atoms with Crippen LogP contribution in [0.3, 0.4) is 0 Å². The van der Waals surface area contributed by atoms with Crippen LogP contribution in [-0.2, 0) is 14.3 Å². The highest BCUT2D eigenvalue weighted by Crippen LogP contribution is 2.50. The predicted octanol–water partition coefficient (Wildman–Crippen LogP) is 2.93. The lowest BCUT2D eigenvalue weighted by Gasteiger charge is -2.57. The van der Waals surface area contributed by atoms with Crippen molar-refractivity contribution in [2.24, 2.45) is 17.1 Å². The molecule has 2 amide bonds. The molecule has 6 nitrogen and oxygen atoms in total. The predicted molar refractivity (Wildman–Crippen MR) is 104 cm³/mol. The Balaban J connectivity index is 0.00000243. The minimum atomic E-state index is -0.953. The molecule has 3 rings (SSSR count). The van der Waals surface area contributed by atoms with Crippen LogP contribution < -0.4 is 16.4 Å². The standard InChI is InChI=1S/C19H27N3O3.ClH/c1-4-25-15-11-19(20,18(15,2)3)17(24)22-14-9-7-13(8-10-14)21-16(23)12-5-6-12;/h7-10,12,15H,4-6,11,20H2,1-3H3,(H,21,23)(H,22,24);1H. The zero-order valence-electron chi connectivity index (χ0n) is 15.5. The maximum absolute atomic E-state index is 12.7. The fourth-order valence-corrected chi connectivity index (χ4v) is 3.29. The van der Waals surface area contributed by atoms with Crippen molar-refractivity contribution in [3.8, 4) is 0 Å². The van der Waals surface area contributed by atoms with Gasteiger partial charge in [-0.25, -0.2) is 0 Å². The molecule has 0 aliphatic heterocycles. The number of halogens is 1. The molecule has 0 radical (unpaired) electrons. The summed E-state index contributed by atoms with van der Waals surface area (Å²) in [4.78, 5) is 24.4. The minimum absolute atomic E-state index is 0. The molecule has 7 heteroatoms. The molecule has 2 aliphatic rings. The summed E-state index contributed by atoms with van der Waals surface area (Å²) in [5.74, 6) is 0.0229. The molecule has 2 aliphatic carbocycles. The molecule has 0 spiro atoms. The van der Waals surface area contributed by atoms with Crippen LogP contribution in [0.2, 0.25) is 0 Å². The maximum Gasteiger partial charge on any atom is 0.245 e. The maximum atomic E-state index is 12.7. The lowest BCUT2D eigenvalue weighted by Crippen LogP contribution is -2.74. The first-order chi connectivity index (χ1) is 11.8. The van der Waals surface area contributed by atoms with Crippen LogP contribution >= 0.6 is 12.4 Å². The molecule has 26 heavy (non-hydrogen) atoms. The monoisotopic (exact) mass is 381 g/mol. The molecule has 0 bridgehead atoms. The second-order valence-electron chi connectivity index (χ2n) is 7.64. The second kappa shape index (κ2) is 7.55. The molecule has 0 heterocycles. The summed E-state index contributed by atoms with van der Waals surface area (Å²) in [6.07, 6.45) is 2.44. The number of benzene rings is 1. The third-order valence-corrected chi connectivity index (χ3v) is 5.59. The Hall–Kier alpha value is -1.63. The van der Waals surface area contributed by atoms with Gasteiger partial charge in [0.1, 0.15) is 5.54 Å². The van der Waals surface area contributed by atoms with E-state index >= 15 is 0 Å². The molecule has 0 aromatic heterocycles. The van der Waals surface area contributed by atoms with Gasteiger partial charge in [0, 0.05) is 35.7 Å². The van der Waals surface area contributed by atoms with E-state index in [1.165, 1.54) is 0 Å². The van der Waals surface area contributed by atoms with Crippen molar-refractivity contribution in [1.82, 2.24) is 0 Å². The largest absolute Gasteiger partial charge is 0.378 e. The summed E-state index contributed by atoms with van der Waals surface area (Å²) in [6, 6.07) is 7.12. The van der Waals surface area contributed by atoms with E-state index in [-0.39, 0.29) is 36.2 Å². The van der Waals surface area contributed by atoms with E-state index in [0.717, 1.165) is 18.5 Å². The zero-order valence-corrected chi connectivity index (χ0v) is 16.3. The quantitative estimate of drug-likeness (QED) is 0.706. The summed E-state index contributed by atoms with van der Waals surface area (Å²) >= 11 is 0. The van der Waals surface area contributed by atoms with Crippen LogP contribution in [0.25, 0.3) is 0 Å². The highest BCUT2D eigenvalue weighted by Gasteiger charge is 2.62. The van der Waals surface area contributed by atoms with Crippen molar-refractivity contribution in [1.29, 1.82) is 0 Å². The summed E-state index contributed by atoms with van der Waals surface area (Å²) in [5, 5.41) is 5.76. The van der Waals surface area contributed by atoms with Gasteiger partial charge in [-0.1, -0.05) is 13.8 Å². The van der Waals surface area contributed by atoms with Gasteiger partial charge in [-0.2, -0.15) is 0 Å². The summed E-state index contributed by atoms with van der Waals surface area (Å²) < 4.78 is 5.67. The van der Waals surface area contributed by atoms with Crippen LogP contribution in [0, 0.1) is 11.3 Å². The van der Waals surface area contributed by atoms with Crippen molar-refractivity contribution in [3.05, 3.63) is 24.3 Å². The van der Waals surface area contributed by atoms with Gasteiger partial charge in [0.2, 0.25) is 11.8 Å². The fraction of sp³-hybridized carbons (Fsp3) is 0.579. The topological polar surface area (TPSA) is 93.4 Å². The Morgan fingerprint density at radius 3 is 2.15 bits per heavy atom. The number of amides is 2. The number of hydrogen-bond acceptors (Lipinski definition) is 4.